The number of rotatable bonds is 3. The minimum atomic E-state index is 0.926. The Balaban J connectivity index is 2.14. The van der Waals surface area contributed by atoms with Gasteiger partial charge in [0.15, 0.2) is 0 Å². The Hall–Kier alpha value is -2.93. The average Bonchev–Trinajstić information content (AvgIpc) is 2.68. The van der Waals surface area contributed by atoms with Crippen molar-refractivity contribution in [1.29, 1.82) is 0 Å². The zero-order valence-electron chi connectivity index (χ0n) is 13.7. The van der Waals surface area contributed by atoms with E-state index in [2.05, 4.69) is 85.8 Å². The van der Waals surface area contributed by atoms with Crippen LogP contribution in [0, 0.1) is 0 Å². The van der Waals surface area contributed by atoms with E-state index in [-0.39, 0.29) is 0 Å². The van der Waals surface area contributed by atoms with Crippen LogP contribution in [0.2, 0.25) is 0 Å². The van der Waals surface area contributed by atoms with E-state index in [0.29, 0.717) is 0 Å². The number of pyridine rings is 1. The van der Waals surface area contributed by atoms with Gasteiger partial charge in [-0.15, -0.1) is 0 Å². The van der Waals surface area contributed by atoms with Gasteiger partial charge in [-0.25, -0.2) is 0 Å². The van der Waals surface area contributed by atoms with Crippen LogP contribution in [-0.4, -0.2) is 4.98 Å². The van der Waals surface area contributed by atoms with Crippen molar-refractivity contribution in [3.8, 4) is 22.4 Å². The predicted octanol–water partition coefficient (Wildman–Crippen LogP) is 6.13. The summed E-state index contributed by atoms with van der Waals surface area (Å²) >= 11 is 0. The number of hydrogen-bond acceptors (Lipinski definition) is 1. The van der Waals surface area contributed by atoms with Gasteiger partial charge in [-0.2, -0.15) is 0 Å². The SMILES string of the molecule is CCc1nc(-c2ccccc2)c(-c2ccccc2)c2ccccc12. The van der Waals surface area contributed by atoms with E-state index < -0.39 is 0 Å². The monoisotopic (exact) mass is 309 g/mol. The predicted molar refractivity (Wildman–Crippen MR) is 102 cm³/mol. The maximum atomic E-state index is 5.07. The molecule has 0 saturated heterocycles. The molecular weight excluding hydrogens is 290 g/mol. The zero-order valence-corrected chi connectivity index (χ0v) is 13.7. The quantitative estimate of drug-likeness (QED) is 0.443. The Morgan fingerprint density at radius 1 is 0.625 bits per heavy atom. The highest BCUT2D eigenvalue weighted by Crippen LogP contribution is 2.37. The highest BCUT2D eigenvalue weighted by atomic mass is 14.7. The zero-order chi connectivity index (χ0) is 16.4. The molecule has 0 aliphatic carbocycles. The molecule has 1 heteroatoms. The third-order valence-corrected chi connectivity index (χ3v) is 4.44. The Kier molecular flexibility index (Phi) is 3.84. The molecule has 0 spiro atoms. The highest BCUT2D eigenvalue weighted by molar-refractivity contribution is 6.03. The van der Waals surface area contributed by atoms with E-state index in [1.807, 2.05) is 6.07 Å². The van der Waals surface area contributed by atoms with Crippen molar-refractivity contribution in [2.24, 2.45) is 0 Å². The molecule has 0 fully saturated rings. The Morgan fingerprint density at radius 2 is 1.17 bits per heavy atom. The van der Waals surface area contributed by atoms with E-state index >= 15 is 0 Å². The van der Waals surface area contributed by atoms with Gasteiger partial charge in [-0.05, 0) is 17.4 Å². The van der Waals surface area contributed by atoms with Gasteiger partial charge in [0.1, 0.15) is 0 Å². The molecule has 0 aliphatic rings. The molecule has 1 heterocycles. The fourth-order valence-corrected chi connectivity index (χ4v) is 3.30. The van der Waals surface area contributed by atoms with Crippen LogP contribution in [0.4, 0.5) is 0 Å². The molecule has 4 rings (SSSR count). The first-order chi connectivity index (χ1) is 11.9. The minimum absolute atomic E-state index is 0.926. The van der Waals surface area contributed by atoms with Crippen LogP contribution >= 0.6 is 0 Å². The molecule has 1 nitrogen and oxygen atoms in total. The number of nitrogens with zero attached hydrogens (tertiary/aromatic N) is 1. The molecule has 0 aliphatic heterocycles. The second kappa shape index (κ2) is 6.29. The molecule has 0 amide bonds. The van der Waals surface area contributed by atoms with Gasteiger partial charge in [0.05, 0.1) is 5.69 Å². The average molecular weight is 309 g/mol. The highest BCUT2D eigenvalue weighted by Gasteiger charge is 2.15. The van der Waals surface area contributed by atoms with Gasteiger partial charge in [-0.3, -0.25) is 4.98 Å². The molecule has 1 aromatic heterocycles. The lowest BCUT2D eigenvalue weighted by Crippen LogP contribution is -1.97. The van der Waals surface area contributed by atoms with E-state index in [4.69, 9.17) is 4.98 Å². The van der Waals surface area contributed by atoms with Crippen LogP contribution in [0.1, 0.15) is 12.6 Å². The molecule has 3 aromatic carbocycles. The second-order valence-electron chi connectivity index (χ2n) is 5.91. The summed E-state index contributed by atoms with van der Waals surface area (Å²) in [7, 11) is 0. The minimum Gasteiger partial charge on any atom is -0.252 e. The van der Waals surface area contributed by atoms with Crippen LogP contribution in [0.5, 0.6) is 0 Å². The van der Waals surface area contributed by atoms with E-state index in [1.54, 1.807) is 0 Å². The summed E-state index contributed by atoms with van der Waals surface area (Å²) in [6.07, 6.45) is 0.926. The summed E-state index contributed by atoms with van der Waals surface area (Å²) in [5.74, 6) is 0. The Bertz CT molecular complexity index is 973. The van der Waals surface area contributed by atoms with E-state index in [1.165, 1.54) is 21.9 Å². The Labute approximate surface area is 142 Å². The molecular formula is C23H19N. The largest absolute Gasteiger partial charge is 0.252 e. The third-order valence-electron chi connectivity index (χ3n) is 4.44. The first kappa shape index (κ1) is 14.6. The molecule has 0 atom stereocenters. The fraction of sp³-hybridized carbons (Fsp3) is 0.0870. The van der Waals surface area contributed by atoms with Gasteiger partial charge >= 0.3 is 0 Å². The molecule has 0 bridgehead atoms. The lowest BCUT2D eigenvalue weighted by Gasteiger charge is -2.16. The molecule has 0 N–H and O–H groups in total. The van der Waals surface area contributed by atoms with Crippen molar-refractivity contribution in [3.63, 3.8) is 0 Å². The number of hydrogen-bond donors (Lipinski definition) is 0. The van der Waals surface area contributed by atoms with E-state index in [9.17, 15) is 0 Å². The molecule has 0 radical (unpaired) electrons. The van der Waals surface area contributed by atoms with Gasteiger partial charge in [-0.1, -0.05) is 91.9 Å². The topological polar surface area (TPSA) is 12.9 Å². The number of fused-ring (bicyclic) bond motifs is 1. The molecule has 0 unspecified atom stereocenters. The summed E-state index contributed by atoms with van der Waals surface area (Å²) in [4.78, 5) is 5.07. The number of aryl methyl sites for hydroxylation is 1. The summed E-state index contributed by atoms with van der Waals surface area (Å²) in [5.41, 5.74) is 5.82. The summed E-state index contributed by atoms with van der Waals surface area (Å²) in [6, 6.07) is 29.7. The molecule has 4 aromatic rings. The van der Waals surface area contributed by atoms with Gasteiger partial charge < -0.3 is 0 Å². The molecule has 0 saturated carbocycles. The lowest BCUT2D eigenvalue weighted by molar-refractivity contribution is 1.06. The van der Waals surface area contributed by atoms with E-state index in [0.717, 1.165) is 23.4 Å². The van der Waals surface area contributed by atoms with Crippen molar-refractivity contribution in [2.75, 3.05) is 0 Å². The van der Waals surface area contributed by atoms with Crippen LogP contribution in [0.15, 0.2) is 84.9 Å². The molecule has 24 heavy (non-hydrogen) atoms. The summed E-state index contributed by atoms with van der Waals surface area (Å²) in [5, 5.41) is 2.52. The summed E-state index contributed by atoms with van der Waals surface area (Å²) < 4.78 is 0. The van der Waals surface area contributed by atoms with Gasteiger partial charge in [0, 0.05) is 22.2 Å². The normalized spacial score (nSPS) is 10.9. The maximum Gasteiger partial charge on any atom is 0.0790 e. The summed E-state index contributed by atoms with van der Waals surface area (Å²) in [6.45, 7) is 2.17. The van der Waals surface area contributed by atoms with Crippen molar-refractivity contribution < 1.29 is 0 Å². The molecule has 116 valence electrons. The standard InChI is InChI=1S/C23H19N/c1-2-21-19-15-9-10-16-20(19)22(17-11-5-3-6-12-17)23(24-21)18-13-7-4-8-14-18/h3-16H,2H2,1H3. The first-order valence-electron chi connectivity index (χ1n) is 8.41. The van der Waals surface area contributed by atoms with Crippen LogP contribution in [0.3, 0.4) is 0 Å². The van der Waals surface area contributed by atoms with Crippen LogP contribution in [-0.2, 0) is 6.42 Å². The fourth-order valence-electron chi connectivity index (χ4n) is 3.30. The van der Waals surface area contributed by atoms with Crippen molar-refractivity contribution in [1.82, 2.24) is 4.98 Å². The maximum absolute atomic E-state index is 5.07. The van der Waals surface area contributed by atoms with Crippen LogP contribution in [0.25, 0.3) is 33.2 Å². The second-order valence-corrected chi connectivity index (χ2v) is 5.91. The van der Waals surface area contributed by atoms with Gasteiger partial charge in [0.25, 0.3) is 0 Å². The van der Waals surface area contributed by atoms with Crippen molar-refractivity contribution in [3.05, 3.63) is 90.6 Å². The smallest absolute Gasteiger partial charge is 0.0790 e. The Morgan fingerprint density at radius 3 is 1.79 bits per heavy atom. The lowest BCUT2D eigenvalue weighted by atomic mass is 9.92. The first-order valence-corrected chi connectivity index (χ1v) is 8.41. The van der Waals surface area contributed by atoms with Gasteiger partial charge in [0.2, 0.25) is 0 Å². The van der Waals surface area contributed by atoms with Crippen molar-refractivity contribution in [2.45, 2.75) is 13.3 Å². The van der Waals surface area contributed by atoms with Crippen molar-refractivity contribution >= 4 is 10.8 Å². The van der Waals surface area contributed by atoms with Crippen LogP contribution < -0.4 is 0 Å². The number of aromatic nitrogens is 1. The third kappa shape index (κ3) is 2.48. The number of benzene rings is 3.